The van der Waals surface area contributed by atoms with Crippen LogP contribution in [-0.4, -0.2) is 23.5 Å². The van der Waals surface area contributed by atoms with Gasteiger partial charge in [-0.3, -0.25) is 4.79 Å². The molecule has 0 aliphatic carbocycles. The molecule has 18 heavy (non-hydrogen) atoms. The molecule has 4 nitrogen and oxygen atoms in total. The van der Waals surface area contributed by atoms with Gasteiger partial charge >= 0.3 is 0 Å². The SMILES string of the molecule is Cc1nc(Cl)ccc1NC(=O)C1NCCCC1C. The molecule has 2 N–H and O–H groups in total. The summed E-state index contributed by atoms with van der Waals surface area (Å²) in [7, 11) is 0. The highest BCUT2D eigenvalue weighted by Crippen LogP contribution is 2.19. The Balaban J connectivity index is 2.06. The van der Waals surface area contributed by atoms with Crippen molar-refractivity contribution < 1.29 is 4.79 Å². The van der Waals surface area contributed by atoms with Crippen molar-refractivity contribution >= 4 is 23.2 Å². The van der Waals surface area contributed by atoms with E-state index in [4.69, 9.17) is 11.6 Å². The van der Waals surface area contributed by atoms with E-state index in [2.05, 4.69) is 22.5 Å². The monoisotopic (exact) mass is 267 g/mol. The van der Waals surface area contributed by atoms with Gasteiger partial charge in [0.05, 0.1) is 17.4 Å². The maximum atomic E-state index is 12.2. The Morgan fingerprint density at radius 1 is 1.56 bits per heavy atom. The number of rotatable bonds is 2. The average Bonchev–Trinajstić information content (AvgIpc) is 2.33. The van der Waals surface area contributed by atoms with E-state index in [1.165, 1.54) is 0 Å². The number of carbonyl (C=O) groups is 1. The zero-order valence-corrected chi connectivity index (χ0v) is 11.4. The third kappa shape index (κ3) is 3.00. The number of carbonyl (C=O) groups excluding carboxylic acids is 1. The summed E-state index contributed by atoms with van der Waals surface area (Å²) >= 11 is 5.79. The van der Waals surface area contributed by atoms with E-state index in [0.717, 1.165) is 30.8 Å². The van der Waals surface area contributed by atoms with Crippen LogP contribution in [0.25, 0.3) is 0 Å². The molecule has 2 rings (SSSR count). The molecule has 1 saturated heterocycles. The largest absolute Gasteiger partial charge is 0.323 e. The lowest BCUT2D eigenvalue weighted by molar-refractivity contribution is -0.119. The number of piperidine rings is 1. The Morgan fingerprint density at radius 3 is 3.00 bits per heavy atom. The van der Waals surface area contributed by atoms with Crippen LogP contribution in [0.4, 0.5) is 5.69 Å². The molecule has 1 fully saturated rings. The van der Waals surface area contributed by atoms with Gasteiger partial charge in [0.2, 0.25) is 5.91 Å². The van der Waals surface area contributed by atoms with Crippen molar-refractivity contribution in [3.05, 3.63) is 23.0 Å². The van der Waals surface area contributed by atoms with E-state index in [1.54, 1.807) is 12.1 Å². The fourth-order valence-corrected chi connectivity index (χ4v) is 2.46. The minimum Gasteiger partial charge on any atom is -0.323 e. The smallest absolute Gasteiger partial charge is 0.241 e. The molecule has 98 valence electrons. The Labute approximate surface area is 112 Å². The first-order valence-electron chi connectivity index (χ1n) is 6.25. The lowest BCUT2D eigenvalue weighted by Gasteiger charge is -2.29. The number of hydrogen-bond acceptors (Lipinski definition) is 3. The lowest BCUT2D eigenvalue weighted by atomic mass is 9.92. The summed E-state index contributed by atoms with van der Waals surface area (Å²) in [6, 6.07) is 3.35. The number of halogens is 1. The molecular weight excluding hydrogens is 250 g/mol. The zero-order chi connectivity index (χ0) is 13.1. The highest BCUT2D eigenvalue weighted by molar-refractivity contribution is 6.29. The van der Waals surface area contributed by atoms with Crippen molar-refractivity contribution in [1.29, 1.82) is 0 Å². The minimum atomic E-state index is -0.117. The second-order valence-corrected chi connectivity index (χ2v) is 5.19. The van der Waals surface area contributed by atoms with Crippen molar-refractivity contribution in [3.8, 4) is 0 Å². The zero-order valence-electron chi connectivity index (χ0n) is 10.7. The molecule has 1 aromatic rings. The molecule has 0 radical (unpaired) electrons. The van der Waals surface area contributed by atoms with Crippen molar-refractivity contribution in [3.63, 3.8) is 0 Å². The van der Waals surface area contributed by atoms with Crippen LogP contribution in [0.1, 0.15) is 25.5 Å². The van der Waals surface area contributed by atoms with Gasteiger partial charge < -0.3 is 10.6 Å². The van der Waals surface area contributed by atoms with Crippen LogP contribution in [-0.2, 0) is 4.79 Å². The fourth-order valence-electron chi connectivity index (χ4n) is 2.27. The summed E-state index contributed by atoms with van der Waals surface area (Å²) in [5.74, 6) is 0.369. The standard InChI is InChI=1S/C13H18ClN3O/c1-8-4-3-7-15-12(8)13(18)17-10-5-6-11(14)16-9(10)2/h5-6,8,12,15H,3-4,7H2,1-2H3,(H,17,18). The highest BCUT2D eigenvalue weighted by Gasteiger charge is 2.27. The molecule has 2 atom stereocenters. The van der Waals surface area contributed by atoms with Crippen LogP contribution in [0.2, 0.25) is 5.15 Å². The van der Waals surface area contributed by atoms with Crippen LogP contribution in [0.15, 0.2) is 12.1 Å². The first-order chi connectivity index (χ1) is 8.58. The molecule has 2 unspecified atom stereocenters. The number of aromatic nitrogens is 1. The number of aryl methyl sites for hydroxylation is 1. The molecule has 1 aliphatic rings. The number of anilines is 1. The van der Waals surface area contributed by atoms with E-state index in [-0.39, 0.29) is 11.9 Å². The van der Waals surface area contributed by atoms with Crippen molar-refractivity contribution in [2.45, 2.75) is 32.7 Å². The quantitative estimate of drug-likeness (QED) is 0.809. The highest BCUT2D eigenvalue weighted by atomic mass is 35.5. The average molecular weight is 268 g/mol. The maximum Gasteiger partial charge on any atom is 0.241 e. The lowest BCUT2D eigenvalue weighted by Crippen LogP contribution is -2.48. The molecule has 0 saturated carbocycles. The van der Waals surface area contributed by atoms with Gasteiger partial charge in [0.1, 0.15) is 5.15 Å². The number of amides is 1. The Kier molecular flexibility index (Phi) is 4.19. The fraction of sp³-hybridized carbons (Fsp3) is 0.538. The van der Waals surface area contributed by atoms with Gasteiger partial charge in [0.15, 0.2) is 0 Å². The molecule has 0 aromatic carbocycles. The van der Waals surface area contributed by atoms with Gasteiger partial charge in [-0.05, 0) is 44.4 Å². The molecule has 0 bridgehead atoms. The summed E-state index contributed by atoms with van der Waals surface area (Å²) in [5, 5.41) is 6.62. The van der Waals surface area contributed by atoms with Gasteiger partial charge in [0.25, 0.3) is 0 Å². The van der Waals surface area contributed by atoms with Crippen molar-refractivity contribution in [1.82, 2.24) is 10.3 Å². The topological polar surface area (TPSA) is 54.0 Å². The second kappa shape index (κ2) is 5.67. The van der Waals surface area contributed by atoms with Gasteiger partial charge in [-0.1, -0.05) is 18.5 Å². The molecule has 1 amide bonds. The minimum absolute atomic E-state index is 0.00872. The summed E-state index contributed by atoms with van der Waals surface area (Å²) < 4.78 is 0. The summed E-state index contributed by atoms with van der Waals surface area (Å²) in [6.45, 7) is 4.84. The first kappa shape index (κ1) is 13.3. The van der Waals surface area contributed by atoms with Crippen molar-refractivity contribution in [2.75, 3.05) is 11.9 Å². The molecule has 5 heteroatoms. The van der Waals surface area contributed by atoms with Crippen LogP contribution in [0, 0.1) is 12.8 Å². The van der Waals surface area contributed by atoms with Gasteiger partial charge in [-0.2, -0.15) is 0 Å². The Hall–Kier alpha value is -1.13. The Bertz CT molecular complexity index is 450. The third-order valence-electron chi connectivity index (χ3n) is 3.36. The predicted octanol–water partition coefficient (Wildman–Crippen LogP) is 2.37. The molecule has 1 aromatic heterocycles. The second-order valence-electron chi connectivity index (χ2n) is 4.81. The van der Waals surface area contributed by atoms with Crippen LogP contribution in [0.5, 0.6) is 0 Å². The van der Waals surface area contributed by atoms with E-state index < -0.39 is 0 Å². The maximum absolute atomic E-state index is 12.2. The summed E-state index contributed by atoms with van der Waals surface area (Å²) in [5.41, 5.74) is 1.46. The molecule has 2 heterocycles. The van der Waals surface area contributed by atoms with Crippen LogP contribution < -0.4 is 10.6 Å². The van der Waals surface area contributed by atoms with Gasteiger partial charge in [0, 0.05) is 0 Å². The van der Waals surface area contributed by atoms with E-state index in [1.807, 2.05) is 6.92 Å². The number of pyridine rings is 1. The molecular formula is C13H18ClN3O. The summed E-state index contributed by atoms with van der Waals surface area (Å²) in [4.78, 5) is 16.3. The van der Waals surface area contributed by atoms with Gasteiger partial charge in [-0.25, -0.2) is 4.98 Å². The van der Waals surface area contributed by atoms with Crippen LogP contribution >= 0.6 is 11.6 Å². The van der Waals surface area contributed by atoms with E-state index in [9.17, 15) is 4.79 Å². The summed E-state index contributed by atoms with van der Waals surface area (Å²) in [6.07, 6.45) is 2.22. The van der Waals surface area contributed by atoms with Crippen molar-refractivity contribution in [2.24, 2.45) is 5.92 Å². The third-order valence-corrected chi connectivity index (χ3v) is 3.57. The van der Waals surface area contributed by atoms with E-state index >= 15 is 0 Å². The van der Waals surface area contributed by atoms with Crippen LogP contribution in [0.3, 0.4) is 0 Å². The Morgan fingerprint density at radius 2 is 2.33 bits per heavy atom. The first-order valence-corrected chi connectivity index (χ1v) is 6.63. The number of nitrogens with zero attached hydrogens (tertiary/aromatic N) is 1. The number of nitrogens with one attached hydrogen (secondary N) is 2. The molecule has 1 aliphatic heterocycles. The number of hydrogen-bond donors (Lipinski definition) is 2. The normalized spacial score (nSPS) is 23.7. The van der Waals surface area contributed by atoms with E-state index in [0.29, 0.717) is 11.1 Å². The van der Waals surface area contributed by atoms with Gasteiger partial charge in [-0.15, -0.1) is 0 Å². The molecule has 0 spiro atoms. The predicted molar refractivity (Wildman–Crippen MR) is 72.8 cm³/mol.